The van der Waals surface area contributed by atoms with E-state index in [2.05, 4.69) is 27.2 Å². The fourth-order valence-corrected chi connectivity index (χ4v) is 1.65. The van der Waals surface area contributed by atoms with Crippen LogP contribution in [0.2, 0.25) is 0 Å². The van der Waals surface area contributed by atoms with Gasteiger partial charge in [0.2, 0.25) is 11.8 Å². The van der Waals surface area contributed by atoms with Crippen molar-refractivity contribution in [2.24, 2.45) is 0 Å². The number of aromatic nitrogens is 3. The zero-order valence-corrected chi connectivity index (χ0v) is 11.7. The van der Waals surface area contributed by atoms with E-state index in [0.717, 1.165) is 12.0 Å². The molecule has 2 aromatic rings. The van der Waals surface area contributed by atoms with Gasteiger partial charge in [-0.05, 0) is 12.5 Å². The van der Waals surface area contributed by atoms with Crippen LogP contribution in [0.25, 0.3) is 0 Å². The Morgan fingerprint density at radius 3 is 2.95 bits per heavy atom. The highest BCUT2D eigenvalue weighted by atomic mass is 16.5. The molecular weight excluding hydrogens is 256 g/mol. The van der Waals surface area contributed by atoms with Crippen LogP contribution in [0.1, 0.15) is 18.9 Å². The van der Waals surface area contributed by atoms with Crippen LogP contribution in [0.15, 0.2) is 30.7 Å². The van der Waals surface area contributed by atoms with Crippen molar-refractivity contribution >= 4 is 5.82 Å². The zero-order chi connectivity index (χ0) is 14.2. The molecule has 2 aromatic heterocycles. The molecule has 0 aromatic carbocycles. The second-order valence-electron chi connectivity index (χ2n) is 4.12. The Morgan fingerprint density at radius 2 is 2.15 bits per heavy atom. The summed E-state index contributed by atoms with van der Waals surface area (Å²) < 4.78 is 10.7. The number of rotatable bonds is 7. The summed E-state index contributed by atoms with van der Waals surface area (Å²) in [7, 11) is 1.60. The van der Waals surface area contributed by atoms with Gasteiger partial charge in [0.05, 0.1) is 13.7 Å². The predicted molar refractivity (Wildman–Crippen MR) is 75.9 cm³/mol. The average Bonchev–Trinajstić information content (AvgIpc) is 2.51. The molecule has 0 atom stereocenters. The monoisotopic (exact) mass is 274 g/mol. The largest absolute Gasteiger partial charge is 0.481 e. The van der Waals surface area contributed by atoms with Crippen molar-refractivity contribution in [3.63, 3.8) is 0 Å². The lowest BCUT2D eigenvalue weighted by Crippen LogP contribution is -2.05. The summed E-state index contributed by atoms with van der Waals surface area (Å²) in [6, 6.07) is 5.60. The molecule has 0 aliphatic rings. The van der Waals surface area contributed by atoms with Crippen molar-refractivity contribution in [3.8, 4) is 11.8 Å². The number of hydrogen-bond acceptors (Lipinski definition) is 6. The third kappa shape index (κ3) is 3.81. The molecule has 0 fully saturated rings. The van der Waals surface area contributed by atoms with Crippen LogP contribution in [-0.2, 0) is 6.54 Å². The third-order valence-corrected chi connectivity index (χ3v) is 2.60. The highest BCUT2D eigenvalue weighted by molar-refractivity contribution is 5.39. The Kier molecular flexibility index (Phi) is 5.11. The second kappa shape index (κ2) is 7.28. The SMILES string of the molecule is CCCOc1cc(NCc2cccnc2OC)ncn1. The van der Waals surface area contributed by atoms with Gasteiger partial charge in [-0.2, -0.15) is 0 Å². The Labute approximate surface area is 118 Å². The number of hydrogen-bond donors (Lipinski definition) is 1. The van der Waals surface area contributed by atoms with E-state index in [0.29, 0.717) is 30.7 Å². The van der Waals surface area contributed by atoms with Crippen molar-refractivity contribution in [3.05, 3.63) is 36.3 Å². The first-order chi connectivity index (χ1) is 9.83. The van der Waals surface area contributed by atoms with Gasteiger partial charge in [0.25, 0.3) is 0 Å². The summed E-state index contributed by atoms with van der Waals surface area (Å²) in [5, 5.41) is 3.20. The van der Waals surface area contributed by atoms with E-state index in [1.165, 1.54) is 6.33 Å². The summed E-state index contributed by atoms with van der Waals surface area (Å²) >= 11 is 0. The van der Waals surface area contributed by atoms with E-state index in [-0.39, 0.29) is 0 Å². The maximum atomic E-state index is 5.46. The minimum Gasteiger partial charge on any atom is -0.481 e. The molecule has 0 bridgehead atoms. The molecule has 2 heterocycles. The molecule has 6 heteroatoms. The first kappa shape index (κ1) is 14.0. The maximum absolute atomic E-state index is 5.46. The quantitative estimate of drug-likeness (QED) is 0.835. The standard InChI is InChI=1S/C14H18N4O2/c1-3-7-20-13-8-12(17-10-18-13)16-9-11-5-4-6-15-14(11)19-2/h4-6,8,10H,3,7,9H2,1-2H3,(H,16,17,18). The van der Waals surface area contributed by atoms with E-state index in [1.54, 1.807) is 19.4 Å². The van der Waals surface area contributed by atoms with Crippen molar-refractivity contribution in [2.75, 3.05) is 19.0 Å². The van der Waals surface area contributed by atoms with Gasteiger partial charge in [-0.15, -0.1) is 0 Å². The third-order valence-electron chi connectivity index (χ3n) is 2.60. The fourth-order valence-electron chi connectivity index (χ4n) is 1.65. The lowest BCUT2D eigenvalue weighted by Gasteiger charge is -2.09. The number of nitrogens with zero attached hydrogens (tertiary/aromatic N) is 3. The number of pyridine rings is 1. The first-order valence-corrected chi connectivity index (χ1v) is 6.50. The smallest absolute Gasteiger partial charge is 0.218 e. The van der Waals surface area contributed by atoms with Gasteiger partial charge in [0.15, 0.2) is 0 Å². The van der Waals surface area contributed by atoms with E-state index in [9.17, 15) is 0 Å². The molecule has 1 N–H and O–H groups in total. The lowest BCUT2D eigenvalue weighted by atomic mass is 10.2. The number of anilines is 1. The van der Waals surface area contributed by atoms with Crippen LogP contribution in [0.4, 0.5) is 5.82 Å². The molecule has 106 valence electrons. The highest BCUT2D eigenvalue weighted by Crippen LogP contribution is 2.16. The van der Waals surface area contributed by atoms with Crippen molar-refractivity contribution in [1.29, 1.82) is 0 Å². The van der Waals surface area contributed by atoms with Crippen molar-refractivity contribution < 1.29 is 9.47 Å². The molecule has 6 nitrogen and oxygen atoms in total. The van der Waals surface area contributed by atoms with Gasteiger partial charge in [-0.3, -0.25) is 0 Å². The van der Waals surface area contributed by atoms with Crippen LogP contribution in [-0.4, -0.2) is 28.7 Å². The highest BCUT2D eigenvalue weighted by Gasteiger charge is 2.04. The second-order valence-corrected chi connectivity index (χ2v) is 4.12. The van der Waals surface area contributed by atoms with Gasteiger partial charge in [-0.25, -0.2) is 15.0 Å². The fraction of sp³-hybridized carbons (Fsp3) is 0.357. The van der Waals surface area contributed by atoms with Gasteiger partial charge in [-0.1, -0.05) is 13.0 Å². The van der Waals surface area contributed by atoms with E-state index in [1.807, 2.05) is 12.1 Å². The van der Waals surface area contributed by atoms with Crippen LogP contribution < -0.4 is 14.8 Å². The van der Waals surface area contributed by atoms with Gasteiger partial charge < -0.3 is 14.8 Å². The average molecular weight is 274 g/mol. The normalized spacial score (nSPS) is 10.1. The molecule has 20 heavy (non-hydrogen) atoms. The lowest BCUT2D eigenvalue weighted by molar-refractivity contribution is 0.305. The number of methoxy groups -OCH3 is 1. The molecule has 0 aliphatic heterocycles. The summed E-state index contributed by atoms with van der Waals surface area (Å²) in [4.78, 5) is 12.4. The number of nitrogens with one attached hydrogen (secondary N) is 1. The predicted octanol–water partition coefficient (Wildman–Crippen LogP) is 2.28. The minimum atomic E-state index is 0.571. The van der Waals surface area contributed by atoms with Crippen LogP contribution in [0.3, 0.4) is 0 Å². The van der Waals surface area contributed by atoms with Crippen molar-refractivity contribution in [1.82, 2.24) is 15.0 Å². The van der Waals surface area contributed by atoms with E-state index in [4.69, 9.17) is 9.47 Å². The minimum absolute atomic E-state index is 0.571. The summed E-state index contributed by atoms with van der Waals surface area (Å²) in [5.74, 6) is 1.89. The Hall–Kier alpha value is -2.37. The molecular formula is C14H18N4O2. The first-order valence-electron chi connectivity index (χ1n) is 6.50. The molecule has 0 saturated heterocycles. The molecule has 2 rings (SSSR count). The number of ether oxygens (including phenoxy) is 2. The van der Waals surface area contributed by atoms with Gasteiger partial charge in [0.1, 0.15) is 12.1 Å². The van der Waals surface area contributed by atoms with E-state index >= 15 is 0 Å². The molecule has 0 spiro atoms. The Bertz CT molecular complexity index is 548. The van der Waals surface area contributed by atoms with Crippen molar-refractivity contribution in [2.45, 2.75) is 19.9 Å². The Balaban J connectivity index is 1.99. The van der Waals surface area contributed by atoms with Crippen LogP contribution in [0.5, 0.6) is 11.8 Å². The zero-order valence-electron chi connectivity index (χ0n) is 11.7. The van der Waals surface area contributed by atoms with Gasteiger partial charge >= 0.3 is 0 Å². The maximum Gasteiger partial charge on any atom is 0.218 e. The molecule has 0 radical (unpaired) electrons. The summed E-state index contributed by atoms with van der Waals surface area (Å²) in [5.41, 5.74) is 0.963. The molecule has 0 aliphatic carbocycles. The van der Waals surface area contributed by atoms with Crippen LogP contribution >= 0.6 is 0 Å². The molecule has 0 amide bonds. The Morgan fingerprint density at radius 1 is 1.25 bits per heavy atom. The van der Waals surface area contributed by atoms with Gasteiger partial charge in [0, 0.05) is 24.4 Å². The molecule has 0 saturated carbocycles. The van der Waals surface area contributed by atoms with Crippen LogP contribution in [0, 0.1) is 0 Å². The summed E-state index contributed by atoms with van der Waals surface area (Å²) in [6.07, 6.45) is 4.12. The van der Waals surface area contributed by atoms with E-state index < -0.39 is 0 Å². The summed E-state index contributed by atoms with van der Waals surface area (Å²) in [6.45, 7) is 3.27. The molecule has 0 unspecified atom stereocenters. The topological polar surface area (TPSA) is 69.2 Å².